The molecule has 30 heavy (non-hydrogen) atoms. The van der Waals surface area contributed by atoms with Gasteiger partial charge in [-0.25, -0.2) is 4.98 Å². The highest BCUT2D eigenvalue weighted by molar-refractivity contribution is 6.30. The quantitative estimate of drug-likeness (QED) is 0.463. The summed E-state index contributed by atoms with van der Waals surface area (Å²) in [5.74, 6) is 0. The Labute approximate surface area is 187 Å². The van der Waals surface area contributed by atoms with Crippen LogP contribution in [0.3, 0.4) is 0 Å². The summed E-state index contributed by atoms with van der Waals surface area (Å²) in [6.07, 6.45) is 7.90. The predicted octanol–water partition coefficient (Wildman–Crippen LogP) is 5.98. The van der Waals surface area contributed by atoms with Crippen molar-refractivity contribution in [2.24, 2.45) is 0 Å². The molecule has 3 nitrogen and oxygen atoms in total. The van der Waals surface area contributed by atoms with Crippen LogP contribution in [0.5, 0.6) is 0 Å². The van der Waals surface area contributed by atoms with Crippen molar-refractivity contribution in [3.05, 3.63) is 98.6 Å². The Morgan fingerprint density at radius 1 is 0.867 bits per heavy atom. The molecule has 0 spiro atoms. The number of piperidine rings is 1. The standard InChI is InChI=1S/C25H23Cl2N3/c26-21-6-7-22-20(14-21)5-4-19-2-1-11-28-25(19)24(22)18-9-12-30(13-10-18)16-17-3-8-23(27)29-15-17/h1-3,6-8,11,14-15H,4-5,9-10,12-13,16H2. The summed E-state index contributed by atoms with van der Waals surface area (Å²) in [7, 11) is 0. The Kier molecular flexibility index (Phi) is 5.60. The molecule has 2 aromatic heterocycles. The van der Waals surface area contributed by atoms with Gasteiger partial charge in [0.1, 0.15) is 5.15 Å². The van der Waals surface area contributed by atoms with Gasteiger partial charge in [0, 0.05) is 42.6 Å². The summed E-state index contributed by atoms with van der Waals surface area (Å²) in [6.45, 7) is 2.98. The first kappa shape index (κ1) is 19.7. The van der Waals surface area contributed by atoms with E-state index in [0.29, 0.717) is 5.15 Å². The lowest BCUT2D eigenvalue weighted by Crippen LogP contribution is -2.30. The van der Waals surface area contributed by atoms with Gasteiger partial charge < -0.3 is 0 Å². The van der Waals surface area contributed by atoms with E-state index in [-0.39, 0.29) is 0 Å². The average Bonchev–Trinajstić information content (AvgIpc) is 2.93. The minimum absolute atomic E-state index is 0.544. The Morgan fingerprint density at radius 2 is 1.70 bits per heavy atom. The number of benzene rings is 1. The molecule has 0 saturated carbocycles. The van der Waals surface area contributed by atoms with Crippen molar-refractivity contribution >= 4 is 28.8 Å². The lowest BCUT2D eigenvalue weighted by molar-refractivity contribution is 0.248. The van der Waals surface area contributed by atoms with Crippen LogP contribution in [0.25, 0.3) is 5.57 Å². The zero-order valence-electron chi connectivity index (χ0n) is 16.7. The van der Waals surface area contributed by atoms with Crippen molar-refractivity contribution in [2.75, 3.05) is 13.1 Å². The maximum Gasteiger partial charge on any atom is 0.129 e. The van der Waals surface area contributed by atoms with E-state index in [4.69, 9.17) is 28.2 Å². The number of nitrogens with zero attached hydrogens (tertiary/aromatic N) is 3. The number of rotatable bonds is 2. The van der Waals surface area contributed by atoms with Crippen molar-refractivity contribution in [1.82, 2.24) is 14.9 Å². The summed E-state index contributed by atoms with van der Waals surface area (Å²) >= 11 is 12.2. The third-order valence-corrected chi connectivity index (χ3v) is 6.60. The number of halogens is 2. The molecule has 1 aliphatic carbocycles. The Bertz CT molecular complexity index is 1100. The first-order valence-electron chi connectivity index (χ1n) is 10.5. The molecule has 0 bridgehead atoms. The molecule has 3 aromatic rings. The predicted molar refractivity (Wildman–Crippen MR) is 123 cm³/mol. The molecular weight excluding hydrogens is 413 g/mol. The van der Waals surface area contributed by atoms with E-state index >= 15 is 0 Å². The van der Waals surface area contributed by atoms with Gasteiger partial charge in [0.2, 0.25) is 0 Å². The van der Waals surface area contributed by atoms with E-state index in [1.165, 1.54) is 33.4 Å². The first-order chi connectivity index (χ1) is 14.7. The van der Waals surface area contributed by atoms with Gasteiger partial charge in [0.25, 0.3) is 0 Å². The summed E-state index contributed by atoms with van der Waals surface area (Å²) in [5.41, 5.74) is 9.18. The van der Waals surface area contributed by atoms with Crippen LogP contribution in [0.1, 0.15) is 40.8 Å². The van der Waals surface area contributed by atoms with E-state index < -0.39 is 0 Å². The maximum absolute atomic E-state index is 6.33. The fourth-order valence-corrected chi connectivity index (χ4v) is 4.93. The van der Waals surface area contributed by atoms with E-state index in [0.717, 1.165) is 56.0 Å². The van der Waals surface area contributed by atoms with Crippen LogP contribution in [0.4, 0.5) is 0 Å². The van der Waals surface area contributed by atoms with Gasteiger partial charge in [0.15, 0.2) is 0 Å². The lowest BCUT2D eigenvalue weighted by atomic mass is 9.88. The van der Waals surface area contributed by atoms with Crippen LogP contribution in [0.2, 0.25) is 10.2 Å². The number of fused-ring (bicyclic) bond motifs is 2. The zero-order chi connectivity index (χ0) is 20.5. The molecule has 152 valence electrons. The van der Waals surface area contributed by atoms with Gasteiger partial charge in [-0.2, -0.15) is 0 Å². The molecule has 1 aliphatic heterocycles. The highest BCUT2D eigenvalue weighted by Gasteiger charge is 2.25. The van der Waals surface area contributed by atoms with Crippen LogP contribution in [-0.4, -0.2) is 28.0 Å². The van der Waals surface area contributed by atoms with E-state index in [1.54, 1.807) is 0 Å². The fourth-order valence-electron chi connectivity index (χ4n) is 4.62. The summed E-state index contributed by atoms with van der Waals surface area (Å²) in [5, 5.41) is 1.35. The summed E-state index contributed by atoms with van der Waals surface area (Å²) in [4.78, 5) is 11.5. The van der Waals surface area contributed by atoms with Crippen molar-refractivity contribution in [3.8, 4) is 0 Å². The van der Waals surface area contributed by atoms with Crippen molar-refractivity contribution in [2.45, 2.75) is 32.2 Å². The highest BCUT2D eigenvalue weighted by atomic mass is 35.5. The van der Waals surface area contributed by atoms with Gasteiger partial charge in [-0.3, -0.25) is 9.88 Å². The molecule has 0 radical (unpaired) electrons. The molecule has 0 unspecified atom stereocenters. The average molecular weight is 436 g/mol. The molecule has 5 rings (SSSR count). The summed E-state index contributed by atoms with van der Waals surface area (Å²) < 4.78 is 0. The number of pyridine rings is 2. The number of aryl methyl sites for hydroxylation is 2. The second kappa shape index (κ2) is 8.50. The minimum Gasteiger partial charge on any atom is -0.298 e. The zero-order valence-corrected chi connectivity index (χ0v) is 18.3. The van der Waals surface area contributed by atoms with Crippen LogP contribution < -0.4 is 0 Å². The Hall–Kier alpha value is -2.20. The van der Waals surface area contributed by atoms with Gasteiger partial charge in [-0.15, -0.1) is 0 Å². The molecule has 0 N–H and O–H groups in total. The monoisotopic (exact) mass is 435 g/mol. The first-order valence-corrected chi connectivity index (χ1v) is 11.2. The van der Waals surface area contributed by atoms with Gasteiger partial charge in [-0.05, 0) is 72.2 Å². The molecular formula is C25H23Cl2N3. The smallest absolute Gasteiger partial charge is 0.129 e. The third kappa shape index (κ3) is 4.02. The molecule has 5 heteroatoms. The van der Waals surface area contributed by atoms with Crippen molar-refractivity contribution in [1.29, 1.82) is 0 Å². The number of likely N-dealkylation sites (tertiary alicyclic amines) is 1. The van der Waals surface area contributed by atoms with Crippen LogP contribution in [-0.2, 0) is 19.4 Å². The van der Waals surface area contributed by atoms with Gasteiger partial charge in [-0.1, -0.05) is 47.0 Å². The molecule has 1 fully saturated rings. The molecule has 1 aromatic carbocycles. The van der Waals surface area contributed by atoms with Crippen LogP contribution >= 0.6 is 23.2 Å². The lowest BCUT2D eigenvalue weighted by Gasteiger charge is -2.30. The second-order valence-corrected chi connectivity index (χ2v) is 8.88. The number of hydrogen-bond acceptors (Lipinski definition) is 3. The van der Waals surface area contributed by atoms with E-state index in [9.17, 15) is 0 Å². The SMILES string of the molecule is Clc1ccc2c(c1)CCc1cccnc1C2=C1CCN(Cc2ccc(Cl)nc2)CC1. The van der Waals surface area contributed by atoms with Crippen molar-refractivity contribution < 1.29 is 0 Å². The number of hydrogen-bond donors (Lipinski definition) is 0. The molecule has 3 heterocycles. The minimum atomic E-state index is 0.544. The maximum atomic E-state index is 6.33. The topological polar surface area (TPSA) is 29.0 Å². The second-order valence-electron chi connectivity index (χ2n) is 8.06. The van der Waals surface area contributed by atoms with Crippen LogP contribution in [0, 0.1) is 0 Å². The van der Waals surface area contributed by atoms with E-state index in [1.807, 2.05) is 30.6 Å². The number of aromatic nitrogens is 2. The van der Waals surface area contributed by atoms with Crippen molar-refractivity contribution in [3.63, 3.8) is 0 Å². The summed E-state index contributed by atoms with van der Waals surface area (Å²) in [6, 6.07) is 14.5. The molecule has 1 saturated heterocycles. The highest BCUT2D eigenvalue weighted by Crippen LogP contribution is 2.38. The van der Waals surface area contributed by atoms with Gasteiger partial charge >= 0.3 is 0 Å². The Morgan fingerprint density at radius 3 is 2.50 bits per heavy atom. The largest absolute Gasteiger partial charge is 0.298 e. The normalized spacial score (nSPS) is 16.7. The van der Waals surface area contributed by atoms with Gasteiger partial charge in [0.05, 0.1) is 5.69 Å². The third-order valence-electron chi connectivity index (χ3n) is 6.14. The molecule has 2 aliphatic rings. The molecule has 0 atom stereocenters. The fraction of sp³-hybridized carbons (Fsp3) is 0.280. The van der Waals surface area contributed by atoms with Crippen LogP contribution in [0.15, 0.2) is 60.4 Å². The Balaban J connectivity index is 1.46. The van der Waals surface area contributed by atoms with E-state index in [2.05, 4.69) is 34.1 Å². The molecule has 0 amide bonds.